The first-order chi connectivity index (χ1) is 7.36. The predicted octanol–water partition coefficient (Wildman–Crippen LogP) is 2.74. The van der Waals surface area contributed by atoms with E-state index in [1.165, 1.54) is 10.8 Å². The smallest absolute Gasteiger partial charge is 0.289 e. The molecule has 76 valence electrons. The number of hydrogen-bond donors (Lipinski definition) is 0. The topological polar surface area (TPSA) is 17.8 Å². The van der Waals surface area contributed by atoms with Gasteiger partial charge in [0.15, 0.2) is 0 Å². The Balaban J connectivity index is 2.00. The van der Waals surface area contributed by atoms with Crippen LogP contribution < -0.4 is 0 Å². The van der Waals surface area contributed by atoms with E-state index in [4.69, 9.17) is 0 Å². The fraction of sp³-hybridized carbons (Fsp3) is 0.0833. The highest BCUT2D eigenvalue weighted by Gasteiger charge is 1.96. The van der Waals surface area contributed by atoms with Gasteiger partial charge in [0.2, 0.25) is 0 Å². The van der Waals surface area contributed by atoms with Crippen LogP contribution in [0.5, 0.6) is 0 Å². The van der Waals surface area contributed by atoms with Gasteiger partial charge in [0.05, 0.1) is 0 Å². The molecule has 2 rings (SSSR count). The Bertz CT molecular complexity index is 446. The van der Waals surface area contributed by atoms with Gasteiger partial charge in [0, 0.05) is 18.9 Å². The summed E-state index contributed by atoms with van der Waals surface area (Å²) in [6.07, 6.45) is 6.48. The zero-order valence-electron chi connectivity index (χ0n) is 8.18. The minimum absolute atomic E-state index is 0.451. The van der Waals surface area contributed by atoms with Gasteiger partial charge in [-0.3, -0.25) is 0 Å². The van der Waals surface area contributed by atoms with Gasteiger partial charge in [-0.1, -0.05) is 42.5 Å². The van der Waals surface area contributed by atoms with E-state index in [1.807, 2.05) is 42.5 Å². The Kier molecular flexibility index (Phi) is 2.93. The van der Waals surface area contributed by atoms with E-state index in [1.54, 1.807) is 6.20 Å². The Morgan fingerprint density at radius 2 is 2.07 bits per heavy atom. The lowest BCUT2D eigenvalue weighted by Crippen LogP contribution is -1.96. The maximum atomic E-state index is 12.9. The fourth-order valence-corrected chi connectivity index (χ4v) is 1.31. The molecule has 1 aromatic heterocycles. The number of allylic oxidation sites excluding steroid dienone is 1. The lowest BCUT2D eigenvalue weighted by Gasteiger charge is -1.96. The molecule has 0 fully saturated rings. The number of halogens is 1. The second kappa shape index (κ2) is 4.55. The lowest BCUT2D eigenvalue weighted by molar-refractivity contribution is 0.487. The van der Waals surface area contributed by atoms with Gasteiger partial charge >= 0.3 is 0 Å². The van der Waals surface area contributed by atoms with Crippen molar-refractivity contribution >= 4 is 6.08 Å². The number of hydrogen-bond acceptors (Lipinski definition) is 1. The molecular weight excluding hydrogens is 191 g/mol. The molecule has 3 heteroatoms. The first-order valence-corrected chi connectivity index (χ1v) is 4.74. The summed E-state index contributed by atoms with van der Waals surface area (Å²) in [5.74, 6) is 0. The first kappa shape index (κ1) is 9.65. The van der Waals surface area contributed by atoms with Crippen LogP contribution in [0.15, 0.2) is 48.8 Å². The van der Waals surface area contributed by atoms with Crippen LogP contribution in [0.1, 0.15) is 5.56 Å². The van der Waals surface area contributed by atoms with E-state index in [-0.39, 0.29) is 0 Å². The molecule has 0 unspecified atom stereocenters. The average Bonchev–Trinajstić information content (AvgIpc) is 2.66. The zero-order chi connectivity index (χ0) is 10.5. The summed E-state index contributed by atoms with van der Waals surface area (Å²) in [5, 5.41) is 0. The van der Waals surface area contributed by atoms with Crippen LogP contribution in [0, 0.1) is 6.08 Å². The third kappa shape index (κ3) is 2.53. The molecule has 0 amide bonds. The molecule has 0 spiro atoms. The minimum Gasteiger partial charge on any atom is -0.304 e. The van der Waals surface area contributed by atoms with Crippen LogP contribution in [0.2, 0.25) is 0 Å². The molecule has 0 aliphatic carbocycles. The van der Waals surface area contributed by atoms with Crippen molar-refractivity contribution in [1.29, 1.82) is 0 Å². The first-order valence-electron chi connectivity index (χ1n) is 4.74. The molecule has 1 aromatic carbocycles. The Morgan fingerprint density at radius 1 is 1.27 bits per heavy atom. The maximum absolute atomic E-state index is 12.9. The van der Waals surface area contributed by atoms with Crippen LogP contribution in [-0.4, -0.2) is 9.55 Å². The average molecular weight is 202 g/mol. The second-order valence-electron chi connectivity index (χ2n) is 3.16. The molecule has 15 heavy (non-hydrogen) atoms. The van der Waals surface area contributed by atoms with Crippen molar-refractivity contribution in [2.75, 3.05) is 0 Å². The summed E-state index contributed by atoms with van der Waals surface area (Å²) in [7, 11) is 0. The van der Waals surface area contributed by atoms with Crippen molar-refractivity contribution in [1.82, 2.24) is 9.55 Å². The van der Waals surface area contributed by atoms with Gasteiger partial charge in [-0.25, -0.2) is 4.98 Å². The van der Waals surface area contributed by atoms with Crippen LogP contribution in [0.25, 0.3) is 6.08 Å². The quantitative estimate of drug-likeness (QED) is 0.748. The lowest BCUT2D eigenvalue weighted by atomic mass is 10.2. The van der Waals surface area contributed by atoms with E-state index in [9.17, 15) is 4.39 Å². The molecule has 0 saturated carbocycles. The zero-order valence-corrected chi connectivity index (χ0v) is 8.18. The SMILES string of the molecule is Fc1nccn1C/C=C/c1ccccc1. The van der Waals surface area contributed by atoms with Crippen molar-refractivity contribution < 1.29 is 4.39 Å². The third-order valence-electron chi connectivity index (χ3n) is 2.08. The summed E-state index contributed by atoms with van der Waals surface area (Å²) >= 11 is 0. The van der Waals surface area contributed by atoms with Crippen molar-refractivity contribution in [2.45, 2.75) is 6.54 Å². The number of imidazole rings is 1. The Hall–Kier alpha value is -1.90. The Labute approximate surface area is 87.7 Å². The van der Waals surface area contributed by atoms with Gasteiger partial charge in [-0.2, -0.15) is 4.39 Å². The number of rotatable bonds is 3. The predicted molar refractivity (Wildman–Crippen MR) is 57.7 cm³/mol. The molecule has 0 N–H and O–H groups in total. The molecular formula is C12H11FN2. The highest BCUT2D eigenvalue weighted by Crippen LogP contribution is 2.02. The molecule has 0 radical (unpaired) electrons. The summed E-state index contributed by atoms with van der Waals surface area (Å²) in [6, 6.07) is 9.91. The van der Waals surface area contributed by atoms with E-state index >= 15 is 0 Å². The van der Waals surface area contributed by atoms with Gasteiger partial charge < -0.3 is 4.57 Å². The normalized spacial score (nSPS) is 11.0. The number of aromatic nitrogens is 2. The maximum Gasteiger partial charge on any atom is 0.289 e. The Morgan fingerprint density at radius 3 is 2.73 bits per heavy atom. The van der Waals surface area contributed by atoms with Gasteiger partial charge in [-0.15, -0.1) is 0 Å². The molecule has 1 heterocycles. The van der Waals surface area contributed by atoms with E-state index in [2.05, 4.69) is 4.98 Å². The molecule has 2 aromatic rings. The van der Waals surface area contributed by atoms with E-state index in [0.29, 0.717) is 6.54 Å². The molecule has 0 aliphatic rings. The third-order valence-corrected chi connectivity index (χ3v) is 2.08. The van der Waals surface area contributed by atoms with E-state index < -0.39 is 6.08 Å². The van der Waals surface area contributed by atoms with Gasteiger partial charge in [-0.05, 0) is 5.56 Å². The molecule has 0 aliphatic heterocycles. The van der Waals surface area contributed by atoms with E-state index in [0.717, 1.165) is 5.56 Å². The summed E-state index contributed by atoms with van der Waals surface area (Å²) in [4.78, 5) is 3.50. The summed E-state index contributed by atoms with van der Waals surface area (Å²) in [5.41, 5.74) is 1.11. The van der Waals surface area contributed by atoms with Crippen molar-refractivity contribution in [2.24, 2.45) is 0 Å². The van der Waals surface area contributed by atoms with Crippen molar-refractivity contribution in [3.05, 3.63) is 60.4 Å². The summed E-state index contributed by atoms with van der Waals surface area (Å²) in [6.45, 7) is 0.501. The molecule has 0 bridgehead atoms. The van der Waals surface area contributed by atoms with Gasteiger partial charge in [0.1, 0.15) is 0 Å². The highest BCUT2D eigenvalue weighted by molar-refractivity contribution is 5.48. The van der Waals surface area contributed by atoms with Crippen molar-refractivity contribution in [3.63, 3.8) is 0 Å². The monoisotopic (exact) mass is 202 g/mol. The molecule has 2 nitrogen and oxygen atoms in total. The van der Waals surface area contributed by atoms with Crippen molar-refractivity contribution in [3.8, 4) is 0 Å². The van der Waals surface area contributed by atoms with Gasteiger partial charge in [0.25, 0.3) is 6.08 Å². The fourth-order valence-electron chi connectivity index (χ4n) is 1.31. The van der Waals surface area contributed by atoms with Crippen LogP contribution in [0.4, 0.5) is 4.39 Å². The van der Waals surface area contributed by atoms with Crippen LogP contribution in [-0.2, 0) is 6.54 Å². The second-order valence-corrected chi connectivity index (χ2v) is 3.16. The van der Waals surface area contributed by atoms with Crippen LogP contribution in [0.3, 0.4) is 0 Å². The highest BCUT2D eigenvalue weighted by atomic mass is 19.1. The molecule has 0 atom stereocenters. The standard InChI is InChI=1S/C12H11FN2/c13-12-14-8-10-15(12)9-4-7-11-5-2-1-3-6-11/h1-8,10H,9H2/b7-4+. The summed E-state index contributed by atoms with van der Waals surface area (Å²) < 4.78 is 14.3. The number of nitrogens with zero attached hydrogens (tertiary/aromatic N) is 2. The molecule has 0 saturated heterocycles. The largest absolute Gasteiger partial charge is 0.304 e. The number of benzene rings is 1. The van der Waals surface area contributed by atoms with Crippen LogP contribution >= 0.6 is 0 Å². The minimum atomic E-state index is -0.451.